The molecule has 0 heteroatoms. The van der Waals surface area contributed by atoms with Gasteiger partial charge in [0.05, 0.1) is 5.41 Å². The zero-order valence-electron chi connectivity index (χ0n) is 25.8. The van der Waals surface area contributed by atoms with Crippen molar-refractivity contribution < 1.29 is 0 Å². The standard InChI is InChI=1S/C37H30.C7H8/c1-4-27(25-14-6-5-7-15-25)26-22-23-31-29(24-26)28-16-8-9-17-30(28)37(31)34-20-12-10-18-32(34)36(2,3)33-19-11-13-21-35(33)37;1-7-5-3-2-4-6-7/h4-24,27H,1H2,2-3H3;2-6H,1H3. The second-order valence-electron chi connectivity index (χ2n) is 12.6. The lowest BCUT2D eigenvalue weighted by molar-refractivity contribution is 0.563. The fourth-order valence-electron chi connectivity index (χ4n) is 7.74. The average molecular weight is 567 g/mol. The number of rotatable bonds is 3. The van der Waals surface area contributed by atoms with E-state index in [2.05, 4.69) is 167 Å². The molecule has 0 bridgehead atoms. The first-order chi connectivity index (χ1) is 21.5. The maximum Gasteiger partial charge on any atom is 0.0719 e. The molecule has 6 aromatic rings. The van der Waals surface area contributed by atoms with E-state index in [1.807, 2.05) is 18.2 Å². The predicted molar refractivity (Wildman–Crippen MR) is 186 cm³/mol. The Morgan fingerprint density at radius 1 is 0.477 bits per heavy atom. The lowest BCUT2D eigenvalue weighted by Gasteiger charge is -2.46. The van der Waals surface area contributed by atoms with E-state index in [-0.39, 0.29) is 16.7 Å². The van der Waals surface area contributed by atoms with Crippen LogP contribution in [0.5, 0.6) is 0 Å². The summed E-state index contributed by atoms with van der Waals surface area (Å²) in [4.78, 5) is 0. The van der Waals surface area contributed by atoms with E-state index in [0.29, 0.717) is 0 Å². The van der Waals surface area contributed by atoms with E-state index in [1.54, 1.807) is 0 Å². The van der Waals surface area contributed by atoms with Crippen molar-refractivity contribution in [3.63, 3.8) is 0 Å². The van der Waals surface area contributed by atoms with Crippen LogP contribution in [0.2, 0.25) is 0 Å². The summed E-state index contributed by atoms with van der Waals surface area (Å²) in [6.45, 7) is 11.0. The van der Waals surface area contributed by atoms with E-state index in [1.165, 1.54) is 61.2 Å². The molecule has 0 heterocycles. The first-order valence-corrected chi connectivity index (χ1v) is 15.6. The van der Waals surface area contributed by atoms with Crippen molar-refractivity contribution >= 4 is 0 Å². The second kappa shape index (κ2) is 11.0. The van der Waals surface area contributed by atoms with Gasteiger partial charge in [0.2, 0.25) is 0 Å². The molecule has 1 unspecified atom stereocenters. The molecule has 0 amide bonds. The van der Waals surface area contributed by atoms with Gasteiger partial charge in [-0.1, -0.05) is 171 Å². The number of hydrogen-bond donors (Lipinski definition) is 0. The van der Waals surface area contributed by atoms with Crippen LogP contribution in [-0.2, 0) is 10.8 Å². The Morgan fingerprint density at radius 2 is 0.955 bits per heavy atom. The SMILES string of the molecule is C=CC(c1ccccc1)c1ccc2c(c1)-c1ccccc1C21c2ccccc2C(C)(C)c2ccccc21.Cc1ccccc1. The minimum absolute atomic E-state index is 0.0721. The zero-order chi connectivity index (χ0) is 30.3. The van der Waals surface area contributed by atoms with Gasteiger partial charge in [0.15, 0.2) is 0 Å². The van der Waals surface area contributed by atoms with Crippen molar-refractivity contribution in [2.75, 3.05) is 0 Å². The highest BCUT2D eigenvalue weighted by molar-refractivity contribution is 5.88. The fourth-order valence-corrected chi connectivity index (χ4v) is 7.74. The summed E-state index contributed by atoms with van der Waals surface area (Å²) in [7, 11) is 0. The molecule has 0 radical (unpaired) electrons. The van der Waals surface area contributed by atoms with Crippen LogP contribution >= 0.6 is 0 Å². The molecule has 2 aliphatic rings. The molecule has 0 fully saturated rings. The van der Waals surface area contributed by atoms with Gasteiger partial charge >= 0.3 is 0 Å². The van der Waals surface area contributed by atoms with Crippen molar-refractivity contribution in [1.82, 2.24) is 0 Å². The van der Waals surface area contributed by atoms with Gasteiger partial charge in [-0.25, -0.2) is 0 Å². The first-order valence-electron chi connectivity index (χ1n) is 15.6. The van der Waals surface area contributed by atoms with Gasteiger partial charge in [-0.2, -0.15) is 0 Å². The predicted octanol–water partition coefficient (Wildman–Crippen LogP) is 11.0. The van der Waals surface area contributed by atoms with Gasteiger partial charge in [-0.15, -0.1) is 6.58 Å². The summed E-state index contributed by atoms with van der Waals surface area (Å²) in [5.41, 5.74) is 14.5. The summed E-state index contributed by atoms with van der Waals surface area (Å²) in [5.74, 6) is 0.153. The van der Waals surface area contributed by atoms with Gasteiger partial charge in [-0.3, -0.25) is 0 Å². The molecular weight excluding hydrogens is 528 g/mol. The van der Waals surface area contributed by atoms with Crippen molar-refractivity contribution in [2.45, 2.75) is 37.5 Å². The highest BCUT2D eigenvalue weighted by Gasteiger charge is 2.53. The average Bonchev–Trinajstić information content (AvgIpc) is 3.36. The topological polar surface area (TPSA) is 0 Å². The summed E-state index contributed by atoms with van der Waals surface area (Å²) in [6, 6.07) is 55.4. The Hall–Kier alpha value is -4.94. The molecule has 0 saturated heterocycles. The smallest absolute Gasteiger partial charge is 0.0719 e. The maximum absolute atomic E-state index is 4.21. The maximum atomic E-state index is 4.21. The van der Waals surface area contributed by atoms with Crippen molar-refractivity contribution in [3.05, 3.63) is 214 Å². The third kappa shape index (κ3) is 4.20. The number of benzene rings is 6. The van der Waals surface area contributed by atoms with Crippen LogP contribution in [-0.4, -0.2) is 0 Å². The van der Waals surface area contributed by atoms with Crippen LogP contribution < -0.4 is 0 Å². The number of allylic oxidation sites excluding steroid dienone is 1. The minimum Gasteiger partial charge on any atom is -0.102 e. The third-order valence-electron chi connectivity index (χ3n) is 9.77. The highest BCUT2D eigenvalue weighted by Crippen LogP contribution is 2.62. The highest BCUT2D eigenvalue weighted by atomic mass is 14.5. The van der Waals surface area contributed by atoms with Gasteiger partial charge in [0.1, 0.15) is 0 Å². The third-order valence-corrected chi connectivity index (χ3v) is 9.77. The van der Waals surface area contributed by atoms with E-state index < -0.39 is 0 Å². The van der Waals surface area contributed by atoms with E-state index in [0.717, 1.165) is 0 Å². The Balaban J connectivity index is 0.000000396. The summed E-state index contributed by atoms with van der Waals surface area (Å²) < 4.78 is 0. The Labute approximate surface area is 262 Å². The van der Waals surface area contributed by atoms with E-state index >= 15 is 0 Å². The molecule has 0 nitrogen and oxygen atoms in total. The van der Waals surface area contributed by atoms with Crippen LogP contribution in [0.25, 0.3) is 11.1 Å². The Morgan fingerprint density at radius 3 is 1.50 bits per heavy atom. The number of fused-ring (bicyclic) bond motifs is 9. The minimum atomic E-state index is -0.330. The van der Waals surface area contributed by atoms with Crippen molar-refractivity contribution in [1.29, 1.82) is 0 Å². The normalized spacial score (nSPS) is 15.1. The Kier molecular flexibility index (Phi) is 6.94. The van der Waals surface area contributed by atoms with Crippen molar-refractivity contribution in [3.8, 4) is 11.1 Å². The quantitative estimate of drug-likeness (QED) is 0.187. The van der Waals surface area contributed by atoms with E-state index in [4.69, 9.17) is 0 Å². The zero-order valence-corrected chi connectivity index (χ0v) is 25.8. The molecule has 1 atom stereocenters. The molecule has 44 heavy (non-hydrogen) atoms. The van der Waals surface area contributed by atoms with Crippen LogP contribution in [0.4, 0.5) is 0 Å². The molecule has 0 aromatic heterocycles. The first kappa shape index (κ1) is 27.9. The second-order valence-corrected chi connectivity index (χ2v) is 12.6. The lowest BCUT2D eigenvalue weighted by atomic mass is 9.55. The van der Waals surface area contributed by atoms with Crippen molar-refractivity contribution in [2.24, 2.45) is 0 Å². The molecular formula is C44H38. The summed E-state index contributed by atoms with van der Waals surface area (Å²) >= 11 is 0. The molecule has 6 aromatic carbocycles. The summed E-state index contributed by atoms with van der Waals surface area (Å²) in [5, 5.41) is 0. The van der Waals surface area contributed by atoms with Crippen LogP contribution in [0.3, 0.4) is 0 Å². The van der Waals surface area contributed by atoms with Crippen LogP contribution in [0.1, 0.15) is 69.8 Å². The van der Waals surface area contributed by atoms with Gasteiger partial charge in [0.25, 0.3) is 0 Å². The fraction of sp³-hybridized carbons (Fsp3) is 0.136. The van der Waals surface area contributed by atoms with Crippen LogP contribution in [0, 0.1) is 6.92 Å². The number of hydrogen-bond acceptors (Lipinski definition) is 0. The molecule has 2 aliphatic carbocycles. The molecule has 1 spiro atoms. The van der Waals surface area contributed by atoms with E-state index in [9.17, 15) is 0 Å². The largest absolute Gasteiger partial charge is 0.102 e. The summed E-state index contributed by atoms with van der Waals surface area (Å²) in [6.07, 6.45) is 2.07. The van der Waals surface area contributed by atoms with Crippen LogP contribution in [0.15, 0.2) is 164 Å². The lowest BCUT2D eigenvalue weighted by Crippen LogP contribution is -2.40. The molecule has 0 N–H and O–H groups in total. The van der Waals surface area contributed by atoms with Gasteiger partial charge in [-0.05, 0) is 68.6 Å². The monoisotopic (exact) mass is 566 g/mol. The number of aryl methyl sites for hydroxylation is 1. The molecule has 214 valence electrons. The molecule has 0 saturated carbocycles. The Bertz CT molecular complexity index is 1910. The molecule has 0 aliphatic heterocycles. The van der Waals surface area contributed by atoms with Gasteiger partial charge < -0.3 is 0 Å². The van der Waals surface area contributed by atoms with Gasteiger partial charge in [0, 0.05) is 11.3 Å². The molecule has 8 rings (SSSR count).